The van der Waals surface area contributed by atoms with E-state index in [0.29, 0.717) is 76.5 Å². The number of nitriles is 2. The smallest absolute Gasteiger partial charge is 0.220 e. The predicted octanol–water partition coefficient (Wildman–Crippen LogP) is 9.65. The van der Waals surface area contributed by atoms with Crippen molar-refractivity contribution in [3.8, 4) is 40.5 Å². The van der Waals surface area contributed by atoms with Gasteiger partial charge in [-0.2, -0.15) is 10.5 Å². The van der Waals surface area contributed by atoms with E-state index in [-0.39, 0.29) is 31.3 Å². The molecule has 304 valence electrons. The van der Waals surface area contributed by atoms with Crippen LogP contribution in [0.25, 0.3) is 11.1 Å². The van der Waals surface area contributed by atoms with Crippen molar-refractivity contribution in [2.75, 3.05) is 39.5 Å². The molecule has 2 N–H and O–H groups in total. The van der Waals surface area contributed by atoms with Gasteiger partial charge in [0.15, 0.2) is 0 Å². The minimum Gasteiger partial charge on any atom is -0.492 e. The van der Waals surface area contributed by atoms with E-state index in [1.807, 2.05) is 36.4 Å². The normalized spacial score (nSPS) is 16.0. The standard InChI is InChI=1S/C46H50Cl2FN5O4/c1-2-3-17-54(18-6-16-49)19-7-20-56-42-11-5-10-39(46(42)48)36-8-4-9-38-37(36)13-14-41(38)58-44-25-43(57-30-33-22-31(26-50)21-32(23-33)27-51)34(24-40(44)47)28-52-35-12-15-45(55)53-29-35/h4-5,8-11,21-25,35,41,52H,2-3,6-7,12-20,28-30H2,1H3,(H,53,55)/t35-,41-/m0/s1. The number of halogens is 3. The molecule has 1 aliphatic heterocycles. The lowest BCUT2D eigenvalue weighted by Gasteiger charge is -2.24. The number of unbranched alkanes of at least 4 members (excludes halogenated alkanes) is 1. The average Bonchev–Trinajstić information content (AvgIpc) is 3.66. The van der Waals surface area contributed by atoms with Crippen LogP contribution in [0.3, 0.4) is 0 Å². The first-order valence-corrected chi connectivity index (χ1v) is 20.9. The fraction of sp³-hybridized carbons (Fsp3) is 0.413. The van der Waals surface area contributed by atoms with Crippen LogP contribution in [0.2, 0.25) is 10.0 Å². The Bertz CT molecular complexity index is 2090. The van der Waals surface area contributed by atoms with Crippen LogP contribution >= 0.6 is 23.2 Å². The molecule has 0 aromatic heterocycles. The summed E-state index contributed by atoms with van der Waals surface area (Å²) in [5.74, 6) is 1.71. The molecule has 1 heterocycles. The maximum Gasteiger partial charge on any atom is 0.220 e. The van der Waals surface area contributed by atoms with Gasteiger partial charge >= 0.3 is 0 Å². The molecule has 2 aliphatic rings. The van der Waals surface area contributed by atoms with E-state index < -0.39 is 0 Å². The van der Waals surface area contributed by atoms with Crippen molar-refractivity contribution in [3.05, 3.63) is 110 Å². The molecule has 0 radical (unpaired) electrons. The average molecular weight is 827 g/mol. The third-order valence-electron chi connectivity index (χ3n) is 10.7. The Balaban J connectivity index is 1.18. The second-order valence-electron chi connectivity index (χ2n) is 14.8. The van der Waals surface area contributed by atoms with Crippen LogP contribution in [0, 0.1) is 22.7 Å². The number of hydrogen-bond acceptors (Lipinski definition) is 8. The highest BCUT2D eigenvalue weighted by Crippen LogP contribution is 2.45. The topological polar surface area (TPSA) is 120 Å². The minimum atomic E-state index is -0.301. The zero-order valence-corrected chi connectivity index (χ0v) is 34.4. The molecule has 58 heavy (non-hydrogen) atoms. The lowest BCUT2D eigenvalue weighted by Crippen LogP contribution is -2.45. The van der Waals surface area contributed by atoms with Crippen LogP contribution in [-0.2, 0) is 24.4 Å². The molecule has 9 nitrogen and oxygen atoms in total. The summed E-state index contributed by atoms with van der Waals surface area (Å²) < 4.78 is 32.1. The Morgan fingerprint density at radius 3 is 2.38 bits per heavy atom. The van der Waals surface area contributed by atoms with Crippen molar-refractivity contribution in [1.29, 1.82) is 10.5 Å². The molecule has 1 saturated heterocycles. The number of carbonyl (C=O) groups excluding carboxylic acids is 1. The zero-order valence-electron chi connectivity index (χ0n) is 32.9. The second kappa shape index (κ2) is 21.2. The second-order valence-corrected chi connectivity index (χ2v) is 15.6. The molecule has 0 spiro atoms. The summed E-state index contributed by atoms with van der Waals surface area (Å²) in [5.41, 5.74) is 6.40. The molecular formula is C46H50Cl2FN5O4. The van der Waals surface area contributed by atoms with Crippen molar-refractivity contribution < 1.29 is 23.4 Å². The monoisotopic (exact) mass is 825 g/mol. The van der Waals surface area contributed by atoms with E-state index in [9.17, 15) is 19.7 Å². The van der Waals surface area contributed by atoms with E-state index in [0.717, 1.165) is 86.0 Å². The van der Waals surface area contributed by atoms with Gasteiger partial charge in [0.05, 0.1) is 46.6 Å². The SMILES string of the molecule is CCCCN(CCCF)CCCOc1cccc(-c2cccc3c2CC[C@@H]3Oc2cc(OCc3cc(C#N)cc(C#N)c3)c(CN[C@H]3CCC(=O)NC3)cc2Cl)c1Cl. The number of carbonyl (C=O) groups is 1. The number of piperidine rings is 1. The summed E-state index contributed by atoms with van der Waals surface area (Å²) in [6, 6.07) is 25.0. The number of alkyl halides is 1. The zero-order chi connectivity index (χ0) is 40.9. The Hall–Kier alpha value is -4.84. The highest BCUT2D eigenvalue weighted by atomic mass is 35.5. The van der Waals surface area contributed by atoms with Crippen molar-refractivity contribution in [2.45, 2.75) is 83.6 Å². The largest absolute Gasteiger partial charge is 0.492 e. The van der Waals surface area contributed by atoms with E-state index in [1.54, 1.807) is 18.2 Å². The molecule has 1 fully saturated rings. The van der Waals surface area contributed by atoms with Crippen molar-refractivity contribution in [3.63, 3.8) is 0 Å². The van der Waals surface area contributed by atoms with Crippen LogP contribution in [-0.4, -0.2) is 56.3 Å². The number of nitrogens with zero attached hydrogens (tertiary/aromatic N) is 3. The van der Waals surface area contributed by atoms with Crippen LogP contribution in [0.1, 0.15) is 91.4 Å². The number of ether oxygens (including phenoxy) is 3. The number of benzene rings is 4. The number of rotatable bonds is 20. The van der Waals surface area contributed by atoms with Crippen LogP contribution in [0.15, 0.2) is 66.7 Å². The molecule has 4 aromatic rings. The summed E-state index contributed by atoms with van der Waals surface area (Å²) in [7, 11) is 0. The van der Waals surface area contributed by atoms with E-state index >= 15 is 0 Å². The van der Waals surface area contributed by atoms with Gasteiger partial charge in [-0.1, -0.05) is 66.9 Å². The molecule has 6 rings (SSSR count). The molecule has 1 aliphatic carbocycles. The first-order valence-electron chi connectivity index (χ1n) is 20.2. The molecule has 0 bridgehead atoms. The highest BCUT2D eigenvalue weighted by molar-refractivity contribution is 6.35. The lowest BCUT2D eigenvalue weighted by molar-refractivity contribution is -0.122. The Labute approximate surface area is 351 Å². The summed E-state index contributed by atoms with van der Waals surface area (Å²) >= 11 is 14.0. The van der Waals surface area contributed by atoms with Gasteiger partial charge < -0.3 is 29.7 Å². The van der Waals surface area contributed by atoms with Crippen LogP contribution in [0.5, 0.6) is 17.2 Å². The van der Waals surface area contributed by atoms with Gasteiger partial charge in [0.1, 0.15) is 30.0 Å². The minimum absolute atomic E-state index is 0.0495. The maximum absolute atomic E-state index is 12.8. The van der Waals surface area contributed by atoms with Gasteiger partial charge in [0.2, 0.25) is 5.91 Å². The van der Waals surface area contributed by atoms with E-state index in [2.05, 4.69) is 46.7 Å². The van der Waals surface area contributed by atoms with Gasteiger partial charge in [-0.05, 0) is 97.7 Å². The maximum atomic E-state index is 12.8. The summed E-state index contributed by atoms with van der Waals surface area (Å²) in [6.45, 7) is 6.05. The highest BCUT2D eigenvalue weighted by Gasteiger charge is 2.29. The number of fused-ring (bicyclic) bond motifs is 1. The van der Waals surface area contributed by atoms with E-state index in [1.165, 1.54) is 0 Å². The number of amides is 1. The van der Waals surface area contributed by atoms with Gasteiger partial charge in [-0.15, -0.1) is 0 Å². The van der Waals surface area contributed by atoms with Crippen LogP contribution in [0.4, 0.5) is 4.39 Å². The summed E-state index contributed by atoms with van der Waals surface area (Å²) in [4.78, 5) is 14.0. The number of hydrogen-bond donors (Lipinski definition) is 2. The third kappa shape index (κ3) is 11.2. The number of nitrogens with one attached hydrogen (secondary N) is 2. The predicted molar refractivity (Wildman–Crippen MR) is 225 cm³/mol. The summed E-state index contributed by atoms with van der Waals surface area (Å²) in [6.07, 6.45) is 6.00. The molecular weight excluding hydrogens is 776 g/mol. The fourth-order valence-corrected chi connectivity index (χ4v) is 8.12. The molecule has 0 saturated carbocycles. The Kier molecular flexibility index (Phi) is 15.7. The van der Waals surface area contributed by atoms with Gasteiger partial charge in [-0.25, -0.2) is 0 Å². The molecule has 1 amide bonds. The Morgan fingerprint density at radius 2 is 1.64 bits per heavy atom. The third-order valence-corrected chi connectivity index (χ3v) is 11.3. The summed E-state index contributed by atoms with van der Waals surface area (Å²) in [5, 5.41) is 26.4. The fourth-order valence-electron chi connectivity index (χ4n) is 7.61. The first kappa shape index (κ1) is 42.8. The van der Waals surface area contributed by atoms with Crippen LogP contribution < -0.4 is 24.8 Å². The molecule has 2 atom stereocenters. The first-order chi connectivity index (χ1) is 28.3. The molecule has 12 heteroatoms. The van der Waals surface area contributed by atoms with Gasteiger partial charge in [0, 0.05) is 55.8 Å². The lowest BCUT2D eigenvalue weighted by atomic mass is 9.96. The van der Waals surface area contributed by atoms with Crippen molar-refractivity contribution >= 4 is 29.1 Å². The van der Waals surface area contributed by atoms with Crippen molar-refractivity contribution in [1.82, 2.24) is 15.5 Å². The van der Waals surface area contributed by atoms with E-state index in [4.69, 9.17) is 37.4 Å². The van der Waals surface area contributed by atoms with Gasteiger partial charge in [0.25, 0.3) is 0 Å². The molecule has 0 unspecified atom stereocenters. The molecule has 4 aromatic carbocycles. The van der Waals surface area contributed by atoms with Gasteiger partial charge in [-0.3, -0.25) is 9.18 Å². The quantitative estimate of drug-likeness (QED) is 0.0846. The Morgan fingerprint density at radius 1 is 0.879 bits per heavy atom. The van der Waals surface area contributed by atoms with Crippen molar-refractivity contribution in [2.24, 2.45) is 0 Å².